The van der Waals surface area contributed by atoms with Gasteiger partial charge < -0.3 is 15.7 Å². The van der Waals surface area contributed by atoms with Crippen molar-refractivity contribution in [3.8, 4) is 0 Å². The van der Waals surface area contributed by atoms with Crippen LogP contribution in [0.15, 0.2) is 53.6 Å². The Labute approximate surface area is 161 Å². The molecule has 4 heterocycles. The second-order valence-electron chi connectivity index (χ2n) is 6.85. The topological polar surface area (TPSA) is 104 Å². The Bertz CT molecular complexity index is 1070. The Morgan fingerprint density at radius 3 is 2.61 bits per heavy atom. The van der Waals surface area contributed by atoms with E-state index in [2.05, 4.69) is 14.8 Å². The summed E-state index contributed by atoms with van der Waals surface area (Å²) in [5.74, 6) is -0.701. The minimum Gasteiger partial charge on any atom is -0.477 e. The Balaban J connectivity index is 1.54. The van der Waals surface area contributed by atoms with Crippen LogP contribution in [0.3, 0.4) is 0 Å². The minimum absolute atomic E-state index is 0.203. The van der Waals surface area contributed by atoms with Crippen molar-refractivity contribution in [1.29, 1.82) is 0 Å². The van der Waals surface area contributed by atoms with Crippen LogP contribution in [-0.2, 0) is 6.54 Å². The molecule has 1 fully saturated rings. The molecule has 3 N–H and O–H groups in total. The molecule has 4 rings (SSSR count). The summed E-state index contributed by atoms with van der Waals surface area (Å²) in [4.78, 5) is 32.5. The number of carboxylic acids is 1. The van der Waals surface area contributed by atoms with Gasteiger partial charge in [0.2, 0.25) is 0 Å². The zero-order valence-corrected chi connectivity index (χ0v) is 15.3. The van der Waals surface area contributed by atoms with Gasteiger partial charge >= 0.3 is 5.97 Å². The first kappa shape index (κ1) is 18.0. The van der Waals surface area contributed by atoms with E-state index in [4.69, 9.17) is 5.73 Å². The molecule has 0 unspecified atom stereocenters. The molecule has 1 aliphatic heterocycles. The number of aromatic carboxylic acids is 1. The highest BCUT2D eigenvalue weighted by atomic mass is 16.4. The van der Waals surface area contributed by atoms with E-state index < -0.39 is 11.5 Å². The average molecular weight is 379 g/mol. The molecular weight excluding hydrogens is 358 g/mol. The highest BCUT2D eigenvalue weighted by Crippen LogP contribution is 2.19. The van der Waals surface area contributed by atoms with Crippen LogP contribution in [0, 0.1) is 0 Å². The van der Waals surface area contributed by atoms with E-state index in [1.165, 1.54) is 10.5 Å². The van der Waals surface area contributed by atoms with Crippen molar-refractivity contribution in [2.24, 2.45) is 0 Å². The van der Waals surface area contributed by atoms with Crippen LogP contribution >= 0.6 is 0 Å². The summed E-state index contributed by atoms with van der Waals surface area (Å²) < 4.78 is 1.41. The lowest BCUT2D eigenvalue weighted by molar-refractivity contribution is 0.0694. The van der Waals surface area contributed by atoms with Gasteiger partial charge in [0.1, 0.15) is 11.4 Å². The number of fused-ring (bicyclic) bond motifs is 1. The fourth-order valence-electron chi connectivity index (χ4n) is 3.59. The molecule has 1 saturated heterocycles. The maximum absolute atomic E-state index is 12.4. The normalized spacial score (nSPS) is 15.1. The van der Waals surface area contributed by atoms with Crippen molar-refractivity contribution in [3.63, 3.8) is 0 Å². The molecule has 0 amide bonds. The van der Waals surface area contributed by atoms with E-state index in [-0.39, 0.29) is 5.56 Å². The first-order chi connectivity index (χ1) is 13.5. The highest BCUT2D eigenvalue weighted by Gasteiger charge is 2.20. The molecule has 0 atom stereocenters. The maximum atomic E-state index is 12.4. The second kappa shape index (κ2) is 7.32. The van der Waals surface area contributed by atoms with Crippen LogP contribution < -0.4 is 16.2 Å². The van der Waals surface area contributed by atoms with Crippen molar-refractivity contribution in [2.45, 2.75) is 6.54 Å². The van der Waals surface area contributed by atoms with Crippen LogP contribution in [0.1, 0.15) is 15.9 Å². The number of hydrogen-bond acceptors (Lipinski definition) is 6. The summed E-state index contributed by atoms with van der Waals surface area (Å²) in [5.41, 5.74) is 7.55. The predicted molar refractivity (Wildman–Crippen MR) is 107 cm³/mol. The number of pyridine rings is 3. The maximum Gasteiger partial charge on any atom is 0.341 e. The van der Waals surface area contributed by atoms with Gasteiger partial charge in [0, 0.05) is 38.9 Å². The molecule has 28 heavy (non-hydrogen) atoms. The fourth-order valence-corrected chi connectivity index (χ4v) is 3.59. The van der Waals surface area contributed by atoms with Crippen molar-refractivity contribution in [1.82, 2.24) is 14.3 Å². The molecule has 8 nitrogen and oxygen atoms in total. The summed E-state index contributed by atoms with van der Waals surface area (Å²) in [5, 5.41) is 9.39. The molecular formula is C20H21N5O3. The lowest BCUT2D eigenvalue weighted by Gasteiger charge is -2.36. The van der Waals surface area contributed by atoms with Crippen LogP contribution in [0.2, 0.25) is 0 Å². The molecule has 8 heteroatoms. The number of nitrogen functional groups attached to an aromatic ring is 1. The predicted octanol–water partition coefficient (Wildman–Crippen LogP) is 1.30. The van der Waals surface area contributed by atoms with Gasteiger partial charge in [-0.15, -0.1) is 0 Å². The van der Waals surface area contributed by atoms with Gasteiger partial charge in [-0.3, -0.25) is 14.1 Å². The third-order valence-corrected chi connectivity index (χ3v) is 5.09. The summed E-state index contributed by atoms with van der Waals surface area (Å²) in [6.45, 7) is 3.90. The van der Waals surface area contributed by atoms with Crippen LogP contribution in [0.4, 0.5) is 11.5 Å². The van der Waals surface area contributed by atoms with Crippen molar-refractivity contribution >= 4 is 23.0 Å². The van der Waals surface area contributed by atoms with Gasteiger partial charge in [-0.1, -0.05) is 6.07 Å². The second-order valence-corrected chi connectivity index (χ2v) is 6.85. The molecule has 0 spiro atoms. The fraction of sp³-hybridized carbons (Fsp3) is 0.250. The summed E-state index contributed by atoms with van der Waals surface area (Å²) >= 11 is 0. The quantitative estimate of drug-likeness (QED) is 0.704. The molecule has 3 aromatic heterocycles. The summed E-state index contributed by atoms with van der Waals surface area (Å²) in [6, 6.07) is 10.7. The van der Waals surface area contributed by atoms with Crippen molar-refractivity contribution in [3.05, 3.63) is 70.3 Å². The molecule has 0 aliphatic carbocycles. The van der Waals surface area contributed by atoms with E-state index in [9.17, 15) is 14.7 Å². The number of rotatable bonds is 4. The molecule has 1 aliphatic rings. The number of anilines is 2. The Hall–Kier alpha value is -3.39. The number of carbonyl (C=O) groups is 1. The number of piperazine rings is 1. The van der Waals surface area contributed by atoms with Gasteiger partial charge in [0.25, 0.3) is 5.56 Å². The smallest absolute Gasteiger partial charge is 0.341 e. The number of hydrogen-bond donors (Lipinski definition) is 2. The first-order valence-electron chi connectivity index (χ1n) is 9.08. The zero-order chi connectivity index (χ0) is 19.7. The third-order valence-electron chi connectivity index (χ3n) is 5.09. The lowest BCUT2D eigenvalue weighted by atomic mass is 10.1. The lowest BCUT2D eigenvalue weighted by Crippen LogP contribution is -2.46. The summed E-state index contributed by atoms with van der Waals surface area (Å²) in [6.07, 6.45) is 3.39. The summed E-state index contributed by atoms with van der Waals surface area (Å²) in [7, 11) is 0. The molecule has 3 aromatic rings. The Morgan fingerprint density at radius 2 is 1.93 bits per heavy atom. The average Bonchev–Trinajstić information content (AvgIpc) is 2.71. The molecule has 0 aromatic carbocycles. The van der Waals surface area contributed by atoms with E-state index in [0.29, 0.717) is 12.4 Å². The van der Waals surface area contributed by atoms with E-state index >= 15 is 0 Å². The Morgan fingerprint density at radius 1 is 1.14 bits per heavy atom. The minimum atomic E-state index is -1.20. The molecule has 144 valence electrons. The van der Waals surface area contributed by atoms with Crippen molar-refractivity contribution < 1.29 is 9.90 Å². The van der Waals surface area contributed by atoms with Crippen LogP contribution in [0.5, 0.6) is 0 Å². The molecule has 0 radical (unpaired) electrons. The monoisotopic (exact) mass is 379 g/mol. The number of carboxylic acid groups (broad SMARTS) is 1. The van der Waals surface area contributed by atoms with E-state index in [1.807, 2.05) is 18.2 Å². The van der Waals surface area contributed by atoms with Crippen LogP contribution in [-0.4, -0.2) is 51.5 Å². The van der Waals surface area contributed by atoms with Gasteiger partial charge in [-0.25, -0.2) is 9.78 Å². The standard InChI is InChI=1S/C20H21N5O3/c21-18-5-4-15(12-22-18)24-9-7-23(8-10-24)13-14-11-16(20(27)28)19(26)25-6-2-1-3-17(14)25/h1-6,11-12H,7-10,13H2,(H2,21,22)(H,27,28). The Kier molecular flexibility index (Phi) is 4.70. The van der Waals surface area contributed by atoms with E-state index in [0.717, 1.165) is 42.9 Å². The van der Waals surface area contributed by atoms with Gasteiger partial charge in [0.05, 0.1) is 17.4 Å². The highest BCUT2D eigenvalue weighted by molar-refractivity contribution is 5.88. The third kappa shape index (κ3) is 3.41. The van der Waals surface area contributed by atoms with Gasteiger partial charge in [-0.05, 0) is 35.9 Å². The SMILES string of the molecule is Nc1ccc(N2CCN(Cc3cc(C(=O)O)c(=O)n4ccccc34)CC2)cn1. The largest absolute Gasteiger partial charge is 0.477 e. The zero-order valence-electron chi connectivity index (χ0n) is 15.3. The first-order valence-corrected chi connectivity index (χ1v) is 9.08. The molecule has 0 bridgehead atoms. The number of nitrogens with zero attached hydrogens (tertiary/aromatic N) is 4. The van der Waals surface area contributed by atoms with E-state index in [1.54, 1.807) is 24.5 Å². The number of nitrogens with two attached hydrogens (primary N) is 1. The number of aromatic nitrogens is 2. The van der Waals surface area contributed by atoms with Gasteiger partial charge in [0.15, 0.2) is 0 Å². The van der Waals surface area contributed by atoms with Crippen molar-refractivity contribution in [2.75, 3.05) is 36.8 Å². The van der Waals surface area contributed by atoms with Gasteiger partial charge in [-0.2, -0.15) is 0 Å². The van der Waals surface area contributed by atoms with Crippen LogP contribution in [0.25, 0.3) is 5.52 Å². The molecule has 0 saturated carbocycles.